The van der Waals surface area contributed by atoms with Gasteiger partial charge in [0.25, 0.3) is 0 Å². The van der Waals surface area contributed by atoms with Crippen molar-refractivity contribution in [1.82, 2.24) is 30.3 Å². The van der Waals surface area contributed by atoms with Crippen LogP contribution in [0.1, 0.15) is 38.2 Å². The molecule has 1 saturated heterocycles. The standard InChI is InChI=1S/C21H33N7/c1-18-14-20(10-13-28(18)15-19-8-4-3-5-9-19)26-21(22-2)23-11-6-7-12-27-16-24-25-17-27/h3-5,8-9,16-18,20H,6-7,10-15H2,1-2H3,(H2,22,23,26). The molecule has 0 bridgehead atoms. The minimum absolute atomic E-state index is 0.477. The minimum atomic E-state index is 0.477. The van der Waals surface area contributed by atoms with E-state index in [1.165, 1.54) is 5.56 Å². The lowest BCUT2D eigenvalue weighted by molar-refractivity contribution is 0.134. The third-order valence-corrected chi connectivity index (χ3v) is 5.41. The number of hydrogen-bond acceptors (Lipinski definition) is 4. The predicted molar refractivity (Wildman–Crippen MR) is 113 cm³/mol. The van der Waals surface area contributed by atoms with E-state index in [4.69, 9.17) is 0 Å². The van der Waals surface area contributed by atoms with Crippen LogP contribution < -0.4 is 10.6 Å². The van der Waals surface area contributed by atoms with Crippen molar-refractivity contribution in [2.24, 2.45) is 4.99 Å². The third kappa shape index (κ3) is 6.34. The molecule has 7 nitrogen and oxygen atoms in total. The number of hydrogen-bond donors (Lipinski definition) is 2. The number of nitrogens with zero attached hydrogens (tertiary/aromatic N) is 5. The molecule has 1 aliphatic rings. The molecule has 0 saturated carbocycles. The topological polar surface area (TPSA) is 70.4 Å². The number of unbranched alkanes of at least 4 members (excludes halogenated alkanes) is 1. The summed E-state index contributed by atoms with van der Waals surface area (Å²) in [4.78, 5) is 6.98. The van der Waals surface area contributed by atoms with Crippen LogP contribution in [0.15, 0.2) is 48.0 Å². The highest BCUT2D eigenvalue weighted by atomic mass is 15.2. The molecule has 7 heteroatoms. The van der Waals surface area contributed by atoms with Crippen molar-refractivity contribution in [1.29, 1.82) is 0 Å². The molecule has 2 unspecified atom stereocenters. The number of piperidine rings is 1. The smallest absolute Gasteiger partial charge is 0.191 e. The van der Waals surface area contributed by atoms with Crippen molar-refractivity contribution in [2.45, 2.75) is 57.8 Å². The highest BCUT2D eigenvalue weighted by Gasteiger charge is 2.25. The van der Waals surface area contributed by atoms with E-state index in [0.717, 1.165) is 57.8 Å². The molecule has 1 fully saturated rings. The molecular weight excluding hydrogens is 350 g/mol. The summed E-state index contributed by atoms with van der Waals surface area (Å²) in [6.45, 7) is 6.36. The van der Waals surface area contributed by atoms with Gasteiger partial charge >= 0.3 is 0 Å². The molecule has 2 N–H and O–H groups in total. The fraction of sp³-hybridized carbons (Fsp3) is 0.571. The molecule has 2 atom stereocenters. The Bertz CT molecular complexity index is 699. The van der Waals surface area contributed by atoms with Crippen LogP contribution in [0.3, 0.4) is 0 Å². The second-order valence-corrected chi connectivity index (χ2v) is 7.58. The zero-order chi connectivity index (χ0) is 19.6. The first-order valence-electron chi connectivity index (χ1n) is 10.3. The largest absolute Gasteiger partial charge is 0.356 e. The van der Waals surface area contributed by atoms with Crippen molar-refractivity contribution < 1.29 is 0 Å². The van der Waals surface area contributed by atoms with Crippen LogP contribution in [0.5, 0.6) is 0 Å². The second-order valence-electron chi connectivity index (χ2n) is 7.58. The third-order valence-electron chi connectivity index (χ3n) is 5.41. The molecule has 0 spiro atoms. The lowest BCUT2D eigenvalue weighted by Crippen LogP contribution is -2.51. The molecule has 28 heavy (non-hydrogen) atoms. The van der Waals surface area contributed by atoms with Crippen molar-refractivity contribution in [2.75, 3.05) is 20.1 Å². The number of aliphatic imine (C=N–C) groups is 1. The van der Waals surface area contributed by atoms with Gasteiger partial charge in [-0.25, -0.2) is 0 Å². The molecule has 152 valence electrons. The Morgan fingerprint density at radius 1 is 1.18 bits per heavy atom. The van der Waals surface area contributed by atoms with E-state index in [2.05, 4.69) is 68.0 Å². The number of likely N-dealkylation sites (tertiary alicyclic amines) is 1. The van der Waals surface area contributed by atoms with Crippen LogP contribution in [0.25, 0.3) is 0 Å². The average molecular weight is 384 g/mol. The van der Waals surface area contributed by atoms with Gasteiger partial charge in [0.15, 0.2) is 5.96 Å². The average Bonchev–Trinajstić information content (AvgIpc) is 3.23. The van der Waals surface area contributed by atoms with Crippen LogP contribution in [0, 0.1) is 0 Å². The van der Waals surface area contributed by atoms with Crippen LogP contribution in [-0.2, 0) is 13.1 Å². The summed E-state index contributed by atoms with van der Waals surface area (Å²) in [5.74, 6) is 0.915. The molecule has 0 amide bonds. The predicted octanol–water partition coefficient (Wildman–Crippen LogP) is 2.28. The Hall–Kier alpha value is -2.41. The number of nitrogens with one attached hydrogen (secondary N) is 2. The van der Waals surface area contributed by atoms with Gasteiger partial charge in [-0.15, -0.1) is 10.2 Å². The Kier molecular flexibility index (Phi) is 7.84. The summed E-state index contributed by atoms with van der Waals surface area (Å²) >= 11 is 0. The summed E-state index contributed by atoms with van der Waals surface area (Å²) in [5.41, 5.74) is 1.39. The molecule has 0 radical (unpaired) electrons. The molecule has 3 rings (SSSR count). The van der Waals surface area contributed by atoms with Gasteiger partial charge in [-0.2, -0.15) is 0 Å². The van der Waals surface area contributed by atoms with Crippen molar-refractivity contribution in [3.8, 4) is 0 Å². The van der Waals surface area contributed by atoms with Crippen LogP contribution in [-0.4, -0.2) is 57.8 Å². The van der Waals surface area contributed by atoms with E-state index in [-0.39, 0.29) is 0 Å². The zero-order valence-electron chi connectivity index (χ0n) is 17.1. The van der Waals surface area contributed by atoms with E-state index in [0.29, 0.717) is 12.1 Å². The Labute approximate surface area is 168 Å². The normalized spacial score (nSPS) is 20.9. The maximum Gasteiger partial charge on any atom is 0.191 e. The number of guanidine groups is 1. The van der Waals surface area contributed by atoms with E-state index in [1.54, 1.807) is 12.7 Å². The summed E-state index contributed by atoms with van der Waals surface area (Å²) in [5, 5.41) is 14.7. The van der Waals surface area contributed by atoms with Crippen molar-refractivity contribution in [3.05, 3.63) is 48.5 Å². The Balaban J connectivity index is 1.35. The minimum Gasteiger partial charge on any atom is -0.356 e. The maximum absolute atomic E-state index is 4.40. The van der Waals surface area contributed by atoms with Gasteiger partial charge in [0.2, 0.25) is 0 Å². The van der Waals surface area contributed by atoms with Gasteiger partial charge in [0, 0.05) is 45.3 Å². The van der Waals surface area contributed by atoms with Gasteiger partial charge in [-0.3, -0.25) is 9.89 Å². The molecule has 1 aromatic heterocycles. The number of aryl methyl sites for hydroxylation is 1. The van der Waals surface area contributed by atoms with Gasteiger partial charge < -0.3 is 15.2 Å². The van der Waals surface area contributed by atoms with Gasteiger partial charge in [0.05, 0.1) is 0 Å². The first-order chi connectivity index (χ1) is 13.7. The Morgan fingerprint density at radius 3 is 2.68 bits per heavy atom. The zero-order valence-corrected chi connectivity index (χ0v) is 17.1. The monoisotopic (exact) mass is 383 g/mol. The first kappa shape index (κ1) is 20.3. The molecule has 2 aromatic rings. The summed E-state index contributed by atoms with van der Waals surface area (Å²) < 4.78 is 2.01. The van der Waals surface area contributed by atoms with Gasteiger partial charge in [-0.05, 0) is 38.2 Å². The number of aromatic nitrogens is 3. The molecule has 0 aliphatic carbocycles. The molecule has 2 heterocycles. The number of rotatable bonds is 8. The molecular formula is C21H33N7. The first-order valence-corrected chi connectivity index (χ1v) is 10.3. The quantitative estimate of drug-likeness (QED) is 0.416. The fourth-order valence-electron chi connectivity index (χ4n) is 3.76. The lowest BCUT2D eigenvalue weighted by Gasteiger charge is -2.38. The van der Waals surface area contributed by atoms with Gasteiger partial charge in [-0.1, -0.05) is 30.3 Å². The number of benzene rings is 1. The maximum atomic E-state index is 4.40. The molecule has 1 aliphatic heterocycles. The van der Waals surface area contributed by atoms with Crippen LogP contribution >= 0.6 is 0 Å². The second kappa shape index (κ2) is 10.8. The van der Waals surface area contributed by atoms with Crippen LogP contribution in [0.2, 0.25) is 0 Å². The van der Waals surface area contributed by atoms with E-state index in [1.807, 2.05) is 11.6 Å². The van der Waals surface area contributed by atoms with E-state index in [9.17, 15) is 0 Å². The molecule has 1 aromatic carbocycles. The fourth-order valence-corrected chi connectivity index (χ4v) is 3.76. The summed E-state index contributed by atoms with van der Waals surface area (Å²) in [7, 11) is 1.85. The Morgan fingerprint density at radius 2 is 1.96 bits per heavy atom. The van der Waals surface area contributed by atoms with Gasteiger partial charge in [0.1, 0.15) is 12.7 Å². The highest BCUT2D eigenvalue weighted by molar-refractivity contribution is 5.79. The summed E-state index contributed by atoms with van der Waals surface area (Å²) in [6.07, 6.45) is 7.99. The van der Waals surface area contributed by atoms with Crippen LogP contribution in [0.4, 0.5) is 0 Å². The van der Waals surface area contributed by atoms with E-state index >= 15 is 0 Å². The van der Waals surface area contributed by atoms with Crippen molar-refractivity contribution >= 4 is 5.96 Å². The summed E-state index contributed by atoms with van der Waals surface area (Å²) in [6, 6.07) is 11.8. The van der Waals surface area contributed by atoms with Crippen molar-refractivity contribution in [3.63, 3.8) is 0 Å². The van der Waals surface area contributed by atoms with E-state index < -0.39 is 0 Å². The highest BCUT2D eigenvalue weighted by Crippen LogP contribution is 2.19. The lowest BCUT2D eigenvalue weighted by atomic mass is 9.97. The SMILES string of the molecule is CN=C(NCCCCn1cnnc1)NC1CCN(Cc2ccccc2)C(C)C1.